The highest BCUT2D eigenvalue weighted by molar-refractivity contribution is 5.98. The highest BCUT2D eigenvalue weighted by atomic mass is 16.6. The second-order valence-corrected chi connectivity index (χ2v) is 9.98. The van der Waals surface area contributed by atoms with Crippen molar-refractivity contribution < 1.29 is 28.7 Å². The van der Waals surface area contributed by atoms with Gasteiger partial charge in [0, 0.05) is 25.3 Å². The molecule has 2 heterocycles. The first-order chi connectivity index (χ1) is 18.6. The number of rotatable bonds is 15. The Balaban J connectivity index is 1.66. The number of Topliss-reactive ketones (excluding diaryl/α,β-unsaturated/α-hetero) is 1. The fourth-order valence-electron chi connectivity index (χ4n) is 4.08. The van der Waals surface area contributed by atoms with E-state index < -0.39 is 35.5 Å². The lowest BCUT2D eigenvalue weighted by Crippen LogP contribution is -2.59. The molecular formula is C28H39N5O6. The van der Waals surface area contributed by atoms with Crippen molar-refractivity contribution in [2.75, 3.05) is 46.0 Å². The molecule has 2 saturated heterocycles. The van der Waals surface area contributed by atoms with E-state index in [0.29, 0.717) is 32.0 Å². The summed E-state index contributed by atoms with van der Waals surface area (Å²) >= 11 is 0. The van der Waals surface area contributed by atoms with Gasteiger partial charge in [-0.2, -0.15) is 0 Å². The number of ether oxygens (including phenoxy) is 2. The van der Waals surface area contributed by atoms with Crippen LogP contribution in [-0.2, 0) is 35.1 Å². The highest BCUT2D eigenvalue weighted by Crippen LogP contribution is 2.29. The van der Waals surface area contributed by atoms with Gasteiger partial charge >= 0.3 is 0 Å². The summed E-state index contributed by atoms with van der Waals surface area (Å²) in [5.41, 5.74) is 0.389. The third kappa shape index (κ3) is 9.31. The van der Waals surface area contributed by atoms with E-state index in [-0.39, 0.29) is 37.8 Å². The fraction of sp³-hybridized carbons (Fsp3) is 0.500. The standard InChI is InChI=1S/C28H39N5O6/c1-5-19(2)29-16-23(32-26(36)20(3)30-24(34)17-33-11-13-38-14-12-33)27(37)31-22(25(35)28(4)18-39-28)15-21-9-7-6-8-10-21/h5-10,20,22-23,29H,1-2,11-18H2,3-4H3,(H,30,34)(H,31,37)(H,32,36)/t20-,22-,23-,28+/m0/s1. The molecule has 2 aliphatic rings. The summed E-state index contributed by atoms with van der Waals surface area (Å²) in [5.74, 6) is -1.64. The van der Waals surface area contributed by atoms with Gasteiger partial charge in [0.05, 0.1) is 32.4 Å². The third-order valence-corrected chi connectivity index (χ3v) is 6.67. The molecule has 0 radical (unpaired) electrons. The van der Waals surface area contributed by atoms with E-state index in [9.17, 15) is 19.2 Å². The molecule has 4 atom stereocenters. The van der Waals surface area contributed by atoms with E-state index in [0.717, 1.165) is 5.56 Å². The van der Waals surface area contributed by atoms with Gasteiger partial charge in [0.1, 0.15) is 17.7 Å². The minimum Gasteiger partial charge on any atom is -0.383 e. The van der Waals surface area contributed by atoms with Gasteiger partial charge in [0.15, 0.2) is 5.78 Å². The topological polar surface area (TPSA) is 141 Å². The van der Waals surface area contributed by atoms with Crippen LogP contribution in [0.3, 0.4) is 0 Å². The molecule has 39 heavy (non-hydrogen) atoms. The van der Waals surface area contributed by atoms with Crippen molar-refractivity contribution >= 4 is 23.5 Å². The molecule has 2 fully saturated rings. The molecule has 0 aliphatic carbocycles. The van der Waals surface area contributed by atoms with E-state index in [4.69, 9.17) is 9.47 Å². The SMILES string of the molecule is C=CC(=C)NC[C@H](NC(=O)[C@H](C)NC(=O)CN1CCOCC1)C(=O)N[C@@H](Cc1ccccc1)C(=O)[C@@]1(C)CO1. The van der Waals surface area contributed by atoms with Gasteiger partial charge in [-0.3, -0.25) is 24.1 Å². The zero-order valence-electron chi connectivity index (χ0n) is 22.7. The van der Waals surface area contributed by atoms with Crippen molar-refractivity contribution in [3.63, 3.8) is 0 Å². The number of ketones is 1. The second kappa shape index (κ2) is 14.0. The van der Waals surface area contributed by atoms with Gasteiger partial charge in [-0.1, -0.05) is 43.5 Å². The van der Waals surface area contributed by atoms with Crippen LogP contribution in [0.15, 0.2) is 55.3 Å². The van der Waals surface area contributed by atoms with Crippen molar-refractivity contribution in [3.8, 4) is 0 Å². The summed E-state index contributed by atoms with van der Waals surface area (Å²) < 4.78 is 10.6. The van der Waals surface area contributed by atoms with Gasteiger partial charge < -0.3 is 30.7 Å². The van der Waals surface area contributed by atoms with Crippen LogP contribution in [0.1, 0.15) is 19.4 Å². The number of nitrogens with one attached hydrogen (secondary N) is 4. The number of carbonyl (C=O) groups excluding carboxylic acids is 4. The van der Waals surface area contributed by atoms with Crippen LogP contribution in [-0.4, -0.2) is 98.1 Å². The van der Waals surface area contributed by atoms with Crippen LogP contribution in [0, 0.1) is 0 Å². The van der Waals surface area contributed by atoms with Crippen LogP contribution in [0.2, 0.25) is 0 Å². The van der Waals surface area contributed by atoms with Gasteiger partial charge in [-0.15, -0.1) is 0 Å². The molecule has 2 aliphatic heterocycles. The fourth-order valence-corrected chi connectivity index (χ4v) is 4.08. The Labute approximate surface area is 229 Å². The summed E-state index contributed by atoms with van der Waals surface area (Å²) in [6.45, 7) is 13.5. The van der Waals surface area contributed by atoms with Crippen LogP contribution < -0.4 is 21.3 Å². The third-order valence-electron chi connectivity index (χ3n) is 6.67. The molecule has 0 bridgehead atoms. The summed E-state index contributed by atoms with van der Waals surface area (Å²) in [6.07, 6.45) is 1.75. The number of hydrogen-bond donors (Lipinski definition) is 4. The quantitative estimate of drug-likeness (QED) is 0.175. The zero-order chi connectivity index (χ0) is 28.4. The molecular weight excluding hydrogens is 502 g/mol. The normalized spacial score (nSPS) is 21.0. The van der Waals surface area contributed by atoms with Crippen LogP contribution in [0.25, 0.3) is 0 Å². The molecule has 11 heteroatoms. The van der Waals surface area contributed by atoms with E-state index >= 15 is 0 Å². The molecule has 0 aromatic heterocycles. The summed E-state index contributed by atoms with van der Waals surface area (Å²) in [4.78, 5) is 54.0. The minimum atomic E-state index is -1.06. The molecule has 1 aromatic carbocycles. The lowest BCUT2D eigenvalue weighted by Gasteiger charge is -2.27. The van der Waals surface area contributed by atoms with Crippen LogP contribution in [0.5, 0.6) is 0 Å². The highest BCUT2D eigenvalue weighted by Gasteiger charge is 2.50. The number of nitrogens with zero attached hydrogens (tertiary/aromatic N) is 1. The first-order valence-corrected chi connectivity index (χ1v) is 13.1. The van der Waals surface area contributed by atoms with E-state index in [1.165, 1.54) is 6.08 Å². The van der Waals surface area contributed by atoms with Gasteiger partial charge in [-0.05, 0) is 31.9 Å². The number of epoxide rings is 1. The molecule has 11 nitrogen and oxygen atoms in total. The minimum absolute atomic E-state index is 0.00309. The average Bonchev–Trinajstić information content (AvgIpc) is 3.69. The summed E-state index contributed by atoms with van der Waals surface area (Å²) in [7, 11) is 0. The van der Waals surface area contributed by atoms with Crippen LogP contribution >= 0.6 is 0 Å². The second-order valence-electron chi connectivity index (χ2n) is 9.98. The maximum Gasteiger partial charge on any atom is 0.245 e. The van der Waals surface area contributed by atoms with E-state index in [1.54, 1.807) is 13.8 Å². The number of amides is 3. The predicted octanol–water partition coefficient (Wildman–Crippen LogP) is -0.317. The van der Waals surface area contributed by atoms with Gasteiger partial charge in [0.2, 0.25) is 17.7 Å². The Morgan fingerprint density at radius 1 is 1.05 bits per heavy atom. The Kier molecular flexibility index (Phi) is 10.8. The molecule has 1 aromatic rings. The molecule has 0 saturated carbocycles. The van der Waals surface area contributed by atoms with Crippen molar-refractivity contribution in [2.24, 2.45) is 0 Å². The van der Waals surface area contributed by atoms with Crippen LogP contribution in [0.4, 0.5) is 0 Å². The lowest BCUT2D eigenvalue weighted by molar-refractivity contribution is -0.134. The smallest absolute Gasteiger partial charge is 0.245 e. The average molecular weight is 542 g/mol. The first kappa shape index (κ1) is 30.0. The summed E-state index contributed by atoms with van der Waals surface area (Å²) in [5, 5.41) is 11.1. The number of benzene rings is 1. The Morgan fingerprint density at radius 3 is 2.31 bits per heavy atom. The monoisotopic (exact) mass is 541 g/mol. The maximum atomic E-state index is 13.4. The molecule has 3 amide bonds. The largest absolute Gasteiger partial charge is 0.383 e. The number of allylic oxidation sites excluding steroid dienone is 1. The van der Waals surface area contributed by atoms with Gasteiger partial charge in [0.25, 0.3) is 0 Å². The Morgan fingerprint density at radius 2 is 1.69 bits per heavy atom. The molecule has 4 N–H and O–H groups in total. The van der Waals surface area contributed by atoms with Crippen molar-refractivity contribution in [3.05, 3.63) is 60.8 Å². The van der Waals surface area contributed by atoms with E-state index in [2.05, 4.69) is 34.4 Å². The van der Waals surface area contributed by atoms with Gasteiger partial charge in [-0.25, -0.2) is 0 Å². The maximum absolute atomic E-state index is 13.4. The Bertz CT molecular complexity index is 1050. The predicted molar refractivity (Wildman–Crippen MR) is 146 cm³/mol. The number of carbonyl (C=O) groups is 4. The van der Waals surface area contributed by atoms with E-state index in [1.807, 2.05) is 35.2 Å². The summed E-state index contributed by atoms with van der Waals surface area (Å²) in [6, 6.07) is 6.52. The van der Waals surface area contributed by atoms with Crippen molar-refractivity contribution in [1.29, 1.82) is 0 Å². The van der Waals surface area contributed by atoms with Crippen molar-refractivity contribution in [2.45, 2.75) is 44.0 Å². The first-order valence-electron chi connectivity index (χ1n) is 13.1. The number of morpholine rings is 1. The van der Waals surface area contributed by atoms with Crippen molar-refractivity contribution in [1.82, 2.24) is 26.2 Å². The zero-order valence-corrected chi connectivity index (χ0v) is 22.7. The number of hydrogen-bond acceptors (Lipinski definition) is 8. The molecule has 0 spiro atoms. The molecule has 0 unspecified atom stereocenters. The molecule has 212 valence electrons. The Hall–Kier alpha value is -3.54. The molecule has 3 rings (SSSR count). The lowest BCUT2D eigenvalue weighted by atomic mass is 9.94.